The van der Waals surface area contributed by atoms with Crippen molar-refractivity contribution in [3.63, 3.8) is 0 Å². The zero-order valence-electron chi connectivity index (χ0n) is 29.0. The molecule has 0 saturated heterocycles. The monoisotopic (exact) mass is 723 g/mol. The Morgan fingerprint density at radius 2 is 1.53 bits per heavy atom. The molecule has 1 N–H and O–H groups in total. The highest BCUT2D eigenvalue weighted by Gasteiger charge is 2.30. The number of hydrogen-bond acceptors (Lipinski definition) is 12. The maximum absolute atomic E-state index is 13.1. The SMILES string of the molecule is CC(=O)OCOP(=O)(OCOC(C)=O)Oc1ccc(Oc2ccc3c(c2)c(CNC(=O)CC(C)C(C)=O)cn3CCCCc2ccccn2)cc1. The second-order valence-corrected chi connectivity index (χ2v) is 13.3. The van der Waals surface area contributed by atoms with E-state index in [1.165, 1.54) is 19.1 Å². The number of benzene rings is 2. The van der Waals surface area contributed by atoms with Gasteiger partial charge in [-0.1, -0.05) is 13.0 Å². The largest absolute Gasteiger partial charge is 0.535 e. The fourth-order valence-electron chi connectivity index (χ4n) is 4.83. The van der Waals surface area contributed by atoms with Crippen molar-refractivity contribution in [2.75, 3.05) is 13.6 Å². The van der Waals surface area contributed by atoms with Crippen LogP contribution >= 0.6 is 7.82 Å². The number of phosphoric ester groups is 1. The van der Waals surface area contributed by atoms with Crippen molar-refractivity contribution < 1.29 is 51.5 Å². The summed E-state index contributed by atoms with van der Waals surface area (Å²) < 4.78 is 46.1. The molecule has 0 aliphatic heterocycles. The lowest BCUT2D eigenvalue weighted by Crippen LogP contribution is -2.26. The lowest BCUT2D eigenvalue weighted by molar-refractivity contribution is -0.150. The molecule has 2 aromatic carbocycles. The van der Waals surface area contributed by atoms with Crippen LogP contribution in [0.5, 0.6) is 17.2 Å². The Morgan fingerprint density at radius 1 is 0.863 bits per heavy atom. The van der Waals surface area contributed by atoms with Crippen molar-refractivity contribution >= 4 is 42.4 Å². The lowest BCUT2D eigenvalue weighted by Gasteiger charge is -2.18. The highest BCUT2D eigenvalue weighted by atomic mass is 31.2. The molecule has 2 aromatic heterocycles. The Bertz CT molecular complexity index is 1820. The van der Waals surface area contributed by atoms with Crippen LogP contribution in [0.1, 0.15) is 58.2 Å². The first-order chi connectivity index (χ1) is 24.4. The summed E-state index contributed by atoms with van der Waals surface area (Å²) in [5, 5.41) is 3.85. The Kier molecular flexibility index (Phi) is 14.3. The Morgan fingerprint density at radius 3 is 2.16 bits per heavy atom. The summed E-state index contributed by atoms with van der Waals surface area (Å²) in [6, 6.07) is 17.7. The standard InChI is InChI=1S/C36H42N3O11P/c1-25(26(2)40)19-36(43)38-21-29-22-39(18-8-6-10-30-9-5-7-17-37-30)35-16-15-33(20-34(29)35)49-31-11-13-32(14-12-31)50-51(44,47-23-45-27(3)41)48-24-46-28(4)42/h5,7,9,11-17,20,22,25H,6,8,10,18-19,21,23-24H2,1-4H3,(H,38,43). The van der Waals surface area contributed by atoms with Crippen LogP contribution in [0.2, 0.25) is 0 Å². The predicted molar refractivity (Wildman–Crippen MR) is 186 cm³/mol. The van der Waals surface area contributed by atoms with Gasteiger partial charge in [-0.2, -0.15) is 0 Å². The number of ether oxygens (including phenoxy) is 3. The summed E-state index contributed by atoms with van der Waals surface area (Å²) in [5.74, 6) is -0.928. The minimum atomic E-state index is -4.37. The van der Waals surface area contributed by atoms with Gasteiger partial charge in [0.25, 0.3) is 0 Å². The average Bonchev–Trinajstić information content (AvgIpc) is 3.43. The van der Waals surface area contributed by atoms with Crippen LogP contribution in [0.15, 0.2) is 73.1 Å². The van der Waals surface area contributed by atoms with Crippen LogP contribution in [-0.2, 0) is 61.8 Å². The fourth-order valence-corrected chi connectivity index (χ4v) is 5.76. The van der Waals surface area contributed by atoms with Gasteiger partial charge in [0.2, 0.25) is 19.5 Å². The summed E-state index contributed by atoms with van der Waals surface area (Å²) in [5.41, 5.74) is 2.92. The maximum Gasteiger partial charge on any atom is 0.535 e. The van der Waals surface area contributed by atoms with Gasteiger partial charge in [0, 0.05) is 68.3 Å². The van der Waals surface area contributed by atoms with E-state index in [0.717, 1.165) is 61.8 Å². The van der Waals surface area contributed by atoms with E-state index in [1.54, 1.807) is 25.3 Å². The van der Waals surface area contributed by atoms with Gasteiger partial charge >= 0.3 is 19.8 Å². The minimum Gasteiger partial charge on any atom is -0.457 e. The molecule has 0 fully saturated rings. The van der Waals surface area contributed by atoms with E-state index < -0.39 is 33.3 Å². The lowest BCUT2D eigenvalue weighted by atomic mass is 10.0. The summed E-state index contributed by atoms with van der Waals surface area (Å²) in [6.45, 7) is 5.10. The molecule has 1 amide bonds. The van der Waals surface area contributed by atoms with Gasteiger partial charge in [-0.05, 0) is 86.3 Å². The molecule has 0 radical (unpaired) electrons. The van der Waals surface area contributed by atoms with Gasteiger partial charge < -0.3 is 28.6 Å². The fraction of sp³-hybridized carbons (Fsp3) is 0.361. The zero-order valence-corrected chi connectivity index (χ0v) is 29.9. The number of rotatable bonds is 20. The maximum atomic E-state index is 13.1. The number of amides is 1. The minimum absolute atomic E-state index is 0.0388. The number of carbonyl (C=O) groups excluding carboxylic acids is 4. The smallest absolute Gasteiger partial charge is 0.457 e. The Hall–Kier alpha value is -5.04. The molecule has 51 heavy (non-hydrogen) atoms. The molecule has 0 saturated carbocycles. The number of nitrogens with zero attached hydrogens (tertiary/aromatic N) is 2. The number of nitrogens with one attached hydrogen (secondary N) is 1. The van der Waals surface area contributed by atoms with Crippen molar-refractivity contribution in [2.24, 2.45) is 5.92 Å². The van der Waals surface area contributed by atoms with Crippen molar-refractivity contribution in [3.05, 3.63) is 84.3 Å². The number of aromatic nitrogens is 2. The molecular formula is C36H42N3O11P. The molecule has 272 valence electrons. The van der Waals surface area contributed by atoms with Crippen LogP contribution < -0.4 is 14.6 Å². The molecule has 1 atom stereocenters. The molecule has 0 aliphatic carbocycles. The van der Waals surface area contributed by atoms with E-state index in [4.69, 9.17) is 18.3 Å². The summed E-state index contributed by atoms with van der Waals surface area (Å²) in [4.78, 5) is 50.9. The predicted octanol–water partition coefficient (Wildman–Crippen LogP) is 6.64. The second-order valence-electron chi connectivity index (χ2n) is 11.7. The molecule has 2 heterocycles. The number of hydrogen-bond donors (Lipinski definition) is 1. The summed E-state index contributed by atoms with van der Waals surface area (Å²) in [7, 11) is -4.37. The number of Topliss-reactive ketones (excluding diaryl/α,β-unsaturated/α-hetero) is 1. The number of carbonyl (C=O) groups is 4. The van der Waals surface area contributed by atoms with E-state index >= 15 is 0 Å². The first-order valence-corrected chi connectivity index (χ1v) is 17.8. The Labute approximate surface area is 295 Å². The number of pyridine rings is 1. The number of ketones is 1. The van der Waals surface area contributed by atoms with Gasteiger partial charge in [-0.15, -0.1) is 0 Å². The molecule has 14 nitrogen and oxygen atoms in total. The summed E-state index contributed by atoms with van der Waals surface area (Å²) in [6.07, 6.45) is 6.69. The highest BCUT2D eigenvalue weighted by molar-refractivity contribution is 7.48. The zero-order chi connectivity index (χ0) is 36.8. The molecular weight excluding hydrogens is 681 g/mol. The van der Waals surface area contributed by atoms with Crippen LogP contribution in [0, 0.1) is 5.92 Å². The number of aryl methyl sites for hydroxylation is 2. The third-order valence-electron chi connectivity index (χ3n) is 7.63. The second kappa shape index (κ2) is 18.8. The van der Waals surface area contributed by atoms with Gasteiger partial charge in [0.05, 0.1) is 0 Å². The van der Waals surface area contributed by atoms with Crippen molar-refractivity contribution in [3.8, 4) is 17.2 Å². The third-order valence-corrected chi connectivity index (χ3v) is 8.91. The molecule has 1 unspecified atom stereocenters. The van der Waals surface area contributed by atoms with E-state index in [2.05, 4.69) is 24.3 Å². The van der Waals surface area contributed by atoms with Crippen molar-refractivity contribution in [1.82, 2.24) is 14.9 Å². The molecule has 4 aromatic rings. The molecule has 4 rings (SSSR count). The molecule has 0 aliphatic rings. The van der Waals surface area contributed by atoms with E-state index in [-0.39, 0.29) is 36.3 Å². The normalized spacial score (nSPS) is 11.8. The molecule has 15 heteroatoms. The van der Waals surface area contributed by atoms with E-state index in [9.17, 15) is 23.7 Å². The third kappa shape index (κ3) is 12.7. The van der Waals surface area contributed by atoms with Gasteiger partial charge in [-0.3, -0.25) is 24.2 Å². The number of unbranched alkanes of at least 4 members (excludes halogenated alkanes) is 1. The van der Waals surface area contributed by atoms with E-state index in [1.807, 2.05) is 42.6 Å². The van der Waals surface area contributed by atoms with Crippen molar-refractivity contribution in [2.45, 2.75) is 66.5 Å². The quantitative estimate of drug-likeness (QED) is 0.0447. The summed E-state index contributed by atoms with van der Waals surface area (Å²) >= 11 is 0. The highest BCUT2D eigenvalue weighted by Crippen LogP contribution is 2.49. The van der Waals surface area contributed by atoms with Crippen LogP contribution in [0.3, 0.4) is 0 Å². The van der Waals surface area contributed by atoms with Crippen molar-refractivity contribution in [1.29, 1.82) is 0 Å². The number of esters is 2. The van der Waals surface area contributed by atoms with Gasteiger partial charge in [0.1, 0.15) is 23.0 Å². The first kappa shape index (κ1) is 38.8. The Balaban J connectivity index is 1.47. The van der Waals surface area contributed by atoms with Crippen LogP contribution in [0.4, 0.5) is 0 Å². The molecule has 0 bridgehead atoms. The van der Waals surface area contributed by atoms with E-state index in [0.29, 0.717) is 11.5 Å². The average molecular weight is 724 g/mol. The van der Waals surface area contributed by atoms with Crippen LogP contribution in [0.25, 0.3) is 10.9 Å². The van der Waals surface area contributed by atoms with Gasteiger partial charge in [0.15, 0.2) is 0 Å². The topological polar surface area (TPSA) is 171 Å². The first-order valence-electron chi connectivity index (χ1n) is 16.3. The number of phosphoric acid groups is 1. The van der Waals surface area contributed by atoms with Gasteiger partial charge in [-0.25, -0.2) is 13.6 Å². The van der Waals surface area contributed by atoms with Crippen LogP contribution in [-0.4, -0.2) is 46.8 Å². The molecule has 0 spiro atoms. The number of fused-ring (bicyclic) bond motifs is 1.